The highest BCUT2D eigenvalue weighted by atomic mass is 32.2. The number of methoxy groups -OCH3 is 1. The topological polar surface area (TPSA) is 114 Å². The normalized spacial score (nSPS) is 12.4. The number of nitrogen functional groups attached to an aromatic ring is 1. The lowest BCUT2D eigenvalue weighted by Crippen LogP contribution is -2.42. The number of rotatable bonds is 7. The summed E-state index contributed by atoms with van der Waals surface area (Å²) in [6.07, 6.45) is 0. The number of ketones is 1. The number of hydrogen-bond acceptors (Lipinski definition) is 7. The highest BCUT2D eigenvalue weighted by Crippen LogP contribution is 2.29. The molecule has 0 fully saturated rings. The summed E-state index contributed by atoms with van der Waals surface area (Å²) in [6.45, 7) is 2.76. The van der Waals surface area contributed by atoms with Crippen LogP contribution in [0.1, 0.15) is 17.3 Å². The van der Waals surface area contributed by atoms with Crippen molar-refractivity contribution in [3.63, 3.8) is 0 Å². The van der Waals surface area contributed by atoms with Gasteiger partial charge in [0.15, 0.2) is 10.9 Å². The Bertz CT molecular complexity index is 1190. The van der Waals surface area contributed by atoms with E-state index in [9.17, 15) is 14.4 Å². The van der Waals surface area contributed by atoms with E-state index in [2.05, 4.69) is 4.98 Å². The van der Waals surface area contributed by atoms with E-state index in [-0.39, 0.29) is 11.4 Å². The van der Waals surface area contributed by atoms with Gasteiger partial charge in [-0.15, -0.1) is 0 Å². The maximum atomic E-state index is 13.1. The molecule has 0 radical (unpaired) electrons. The smallest absolute Gasteiger partial charge is 0.332 e. The van der Waals surface area contributed by atoms with Crippen molar-refractivity contribution in [3.8, 4) is 0 Å². The number of hydrogen-bond donors (Lipinski definition) is 1. The van der Waals surface area contributed by atoms with E-state index < -0.39 is 22.3 Å². The number of imidazole rings is 1. The Balaban J connectivity index is 1.99. The summed E-state index contributed by atoms with van der Waals surface area (Å²) in [5.41, 5.74) is 6.21. The molecule has 0 aliphatic heterocycles. The number of thioether (sulfide) groups is 1. The van der Waals surface area contributed by atoms with Crippen LogP contribution in [0, 0.1) is 0 Å². The SMILES string of the molecule is COCCn1c(S[C@H](C)C(=O)c2c(N)n(C)c(=O)n(C)c2=O)nc2ccccc21. The van der Waals surface area contributed by atoms with Gasteiger partial charge >= 0.3 is 5.69 Å². The maximum absolute atomic E-state index is 13.1. The predicted octanol–water partition coefficient (Wildman–Crippen LogP) is 1.03. The van der Waals surface area contributed by atoms with Crippen molar-refractivity contribution < 1.29 is 9.53 Å². The Kier molecular flexibility index (Phi) is 5.94. The summed E-state index contributed by atoms with van der Waals surface area (Å²) >= 11 is 1.24. The van der Waals surface area contributed by atoms with E-state index in [1.54, 1.807) is 14.0 Å². The Labute approximate surface area is 171 Å². The Hall–Kier alpha value is -2.85. The van der Waals surface area contributed by atoms with Gasteiger partial charge < -0.3 is 15.0 Å². The van der Waals surface area contributed by atoms with Crippen molar-refractivity contribution in [1.82, 2.24) is 18.7 Å². The van der Waals surface area contributed by atoms with Gasteiger partial charge in [0.1, 0.15) is 11.4 Å². The second kappa shape index (κ2) is 8.26. The predicted molar refractivity (Wildman–Crippen MR) is 113 cm³/mol. The second-order valence-corrected chi connectivity index (χ2v) is 7.93. The summed E-state index contributed by atoms with van der Waals surface area (Å²) in [7, 11) is 4.37. The third-order valence-electron chi connectivity index (χ3n) is 4.75. The van der Waals surface area contributed by atoms with Crippen LogP contribution in [-0.2, 0) is 25.4 Å². The molecule has 10 heteroatoms. The fourth-order valence-electron chi connectivity index (χ4n) is 3.05. The maximum Gasteiger partial charge on any atom is 0.332 e. The first-order valence-corrected chi connectivity index (χ1v) is 9.86. The van der Waals surface area contributed by atoms with E-state index in [1.165, 1.54) is 25.9 Å². The number of nitrogens with two attached hydrogens (primary N) is 1. The molecule has 2 heterocycles. The average molecular weight is 417 g/mol. The molecule has 3 rings (SSSR count). The van der Waals surface area contributed by atoms with Crippen LogP contribution in [0.2, 0.25) is 0 Å². The molecule has 9 nitrogen and oxygen atoms in total. The molecule has 2 N–H and O–H groups in total. The van der Waals surface area contributed by atoms with E-state index >= 15 is 0 Å². The third-order valence-corrected chi connectivity index (χ3v) is 5.84. The molecule has 0 bridgehead atoms. The standard InChI is InChI=1S/C19H23N5O4S/c1-11(15(25)14-16(20)22(2)19(27)23(3)17(14)26)29-18-21-12-7-5-6-8-13(12)24(18)9-10-28-4/h5-8,11H,9-10,20H2,1-4H3/t11-/m1/s1. The number of benzene rings is 1. The van der Waals surface area contributed by atoms with Gasteiger partial charge in [-0.05, 0) is 19.1 Å². The first-order valence-electron chi connectivity index (χ1n) is 8.98. The minimum Gasteiger partial charge on any atom is -0.384 e. The monoisotopic (exact) mass is 417 g/mol. The van der Waals surface area contributed by atoms with Crippen LogP contribution >= 0.6 is 11.8 Å². The number of anilines is 1. The highest BCUT2D eigenvalue weighted by molar-refractivity contribution is 8.00. The molecule has 1 atom stereocenters. The molecule has 2 aromatic heterocycles. The van der Waals surface area contributed by atoms with E-state index in [1.807, 2.05) is 28.8 Å². The summed E-state index contributed by atoms with van der Waals surface area (Å²) in [6, 6.07) is 7.67. The number of aromatic nitrogens is 4. The minimum atomic E-state index is -0.698. The molecule has 1 aromatic carbocycles. The van der Waals surface area contributed by atoms with E-state index in [0.717, 1.165) is 20.2 Å². The fourth-order valence-corrected chi connectivity index (χ4v) is 4.06. The first kappa shape index (κ1) is 20.9. The number of nitrogens with zero attached hydrogens (tertiary/aromatic N) is 4. The third kappa shape index (κ3) is 3.73. The van der Waals surface area contributed by atoms with E-state index in [4.69, 9.17) is 10.5 Å². The number of Topliss-reactive ketones (excluding diaryl/α,β-unsaturated/α-hetero) is 1. The molecule has 0 saturated heterocycles. The Morgan fingerprint density at radius 1 is 1.24 bits per heavy atom. The van der Waals surface area contributed by atoms with Gasteiger partial charge in [0.2, 0.25) is 0 Å². The van der Waals surface area contributed by atoms with Gasteiger partial charge in [-0.2, -0.15) is 0 Å². The molecule has 0 aliphatic carbocycles. The molecular weight excluding hydrogens is 394 g/mol. The zero-order chi connectivity index (χ0) is 21.3. The van der Waals surface area contributed by atoms with Gasteiger partial charge in [-0.1, -0.05) is 23.9 Å². The fraction of sp³-hybridized carbons (Fsp3) is 0.368. The van der Waals surface area contributed by atoms with Gasteiger partial charge in [-0.25, -0.2) is 9.78 Å². The number of para-hydroxylation sites is 2. The van der Waals surface area contributed by atoms with Gasteiger partial charge in [0, 0.05) is 27.7 Å². The number of ether oxygens (including phenoxy) is 1. The van der Waals surface area contributed by atoms with Crippen molar-refractivity contribution in [2.75, 3.05) is 19.5 Å². The van der Waals surface area contributed by atoms with Crippen LogP contribution in [-0.4, -0.2) is 43.4 Å². The molecule has 0 spiro atoms. The average Bonchev–Trinajstić information content (AvgIpc) is 3.06. The number of fused-ring (bicyclic) bond motifs is 1. The van der Waals surface area contributed by atoms with Gasteiger partial charge in [-0.3, -0.25) is 18.7 Å². The number of carbonyl (C=O) groups excluding carboxylic acids is 1. The molecule has 0 amide bonds. The molecule has 154 valence electrons. The van der Waals surface area contributed by atoms with Crippen LogP contribution in [0.25, 0.3) is 11.0 Å². The highest BCUT2D eigenvalue weighted by Gasteiger charge is 2.27. The summed E-state index contributed by atoms with van der Waals surface area (Å²) < 4.78 is 9.15. The molecule has 0 saturated carbocycles. The van der Waals surface area contributed by atoms with Crippen LogP contribution in [0.15, 0.2) is 39.0 Å². The minimum absolute atomic E-state index is 0.136. The van der Waals surface area contributed by atoms with Gasteiger partial charge in [0.25, 0.3) is 5.56 Å². The number of carbonyl (C=O) groups is 1. The largest absolute Gasteiger partial charge is 0.384 e. The molecule has 29 heavy (non-hydrogen) atoms. The lowest BCUT2D eigenvalue weighted by atomic mass is 10.1. The zero-order valence-electron chi connectivity index (χ0n) is 16.7. The van der Waals surface area contributed by atoms with Crippen molar-refractivity contribution in [2.24, 2.45) is 14.1 Å². The lowest BCUT2D eigenvalue weighted by Gasteiger charge is -2.15. The van der Waals surface area contributed by atoms with E-state index in [0.29, 0.717) is 18.3 Å². The Morgan fingerprint density at radius 3 is 2.62 bits per heavy atom. The zero-order valence-corrected chi connectivity index (χ0v) is 17.5. The van der Waals surface area contributed by atoms with Crippen LogP contribution in [0.5, 0.6) is 0 Å². The summed E-state index contributed by atoms with van der Waals surface area (Å²) in [4.78, 5) is 42.2. The quantitative estimate of drug-likeness (QED) is 0.451. The van der Waals surface area contributed by atoms with Crippen molar-refractivity contribution in [1.29, 1.82) is 0 Å². The Morgan fingerprint density at radius 2 is 1.93 bits per heavy atom. The van der Waals surface area contributed by atoms with Crippen molar-refractivity contribution in [3.05, 3.63) is 50.7 Å². The summed E-state index contributed by atoms with van der Waals surface area (Å²) in [5, 5.41) is 0.00456. The lowest BCUT2D eigenvalue weighted by molar-refractivity contribution is 0.0992. The van der Waals surface area contributed by atoms with Crippen molar-refractivity contribution in [2.45, 2.75) is 23.9 Å². The molecule has 0 aliphatic rings. The van der Waals surface area contributed by atoms with Crippen molar-refractivity contribution >= 4 is 34.4 Å². The first-order chi connectivity index (χ1) is 13.8. The van der Waals surface area contributed by atoms with Crippen LogP contribution < -0.4 is 17.0 Å². The molecule has 0 unspecified atom stereocenters. The van der Waals surface area contributed by atoms with Gasteiger partial charge in [0.05, 0.1) is 22.9 Å². The molecular formula is C19H23N5O4S. The van der Waals surface area contributed by atoms with Crippen LogP contribution in [0.3, 0.4) is 0 Å². The van der Waals surface area contributed by atoms with Crippen LogP contribution in [0.4, 0.5) is 5.82 Å². The molecule has 3 aromatic rings. The summed E-state index contributed by atoms with van der Waals surface area (Å²) in [5.74, 6) is -0.586. The second-order valence-electron chi connectivity index (χ2n) is 6.62.